The van der Waals surface area contributed by atoms with Gasteiger partial charge in [-0.05, 0) is 49.2 Å². The van der Waals surface area contributed by atoms with Crippen molar-refractivity contribution in [3.63, 3.8) is 0 Å². The molecule has 2 N–H and O–H groups in total. The molecule has 0 spiro atoms. The van der Waals surface area contributed by atoms with E-state index in [4.69, 9.17) is 4.42 Å². The van der Waals surface area contributed by atoms with Crippen molar-refractivity contribution < 1.29 is 9.21 Å². The van der Waals surface area contributed by atoms with Crippen molar-refractivity contribution in [2.24, 2.45) is 0 Å². The number of benzene rings is 1. The van der Waals surface area contributed by atoms with E-state index in [1.807, 2.05) is 18.2 Å². The van der Waals surface area contributed by atoms with Crippen LogP contribution in [0.15, 0.2) is 53.5 Å². The van der Waals surface area contributed by atoms with E-state index < -0.39 is 0 Å². The molecule has 0 saturated heterocycles. The van der Waals surface area contributed by atoms with Crippen LogP contribution in [0.5, 0.6) is 0 Å². The van der Waals surface area contributed by atoms with Crippen molar-refractivity contribution in [1.82, 2.24) is 9.88 Å². The van der Waals surface area contributed by atoms with E-state index in [1.165, 1.54) is 49.5 Å². The summed E-state index contributed by atoms with van der Waals surface area (Å²) in [5.41, 5.74) is 5.02. The van der Waals surface area contributed by atoms with Gasteiger partial charge in [0.25, 0.3) is 5.91 Å². The average molecular weight is 377 g/mol. The second-order valence-corrected chi connectivity index (χ2v) is 7.42. The zero-order valence-corrected chi connectivity index (χ0v) is 16.3. The monoisotopic (exact) mass is 377 g/mol. The number of rotatable bonds is 7. The second kappa shape index (κ2) is 8.48. The summed E-state index contributed by atoms with van der Waals surface area (Å²) < 4.78 is 4.99. The van der Waals surface area contributed by atoms with Gasteiger partial charge in [-0.2, -0.15) is 0 Å². The molecule has 0 aliphatic carbocycles. The van der Waals surface area contributed by atoms with Crippen LogP contribution in [0.1, 0.15) is 48.5 Å². The van der Waals surface area contributed by atoms with Crippen LogP contribution in [-0.4, -0.2) is 35.4 Å². The number of anilines is 1. The number of amides is 1. The van der Waals surface area contributed by atoms with Gasteiger partial charge < -0.3 is 14.7 Å². The number of carbonyl (C=O) groups excluding carboxylic acids is 1. The maximum absolute atomic E-state index is 12.3. The molecule has 0 fully saturated rings. The lowest BCUT2D eigenvalue weighted by atomic mass is 9.98. The Kier molecular flexibility index (Phi) is 5.63. The molecule has 2 aromatic heterocycles. The highest BCUT2D eigenvalue weighted by atomic mass is 16.3. The molecule has 1 aliphatic rings. The predicted octanol–water partition coefficient (Wildman–Crippen LogP) is 5.29. The first-order valence-electron chi connectivity index (χ1n) is 10.1. The lowest BCUT2D eigenvalue weighted by Gasteiger charge is -2.26. The van der Waals surface area contributed by atoms with Crippen LogP contribution in [0, 0.1) is 0 Å². The largest absolute Gasteiger partial charge is 0.472 e. The van der Waals surface area contributed by atoms with E-state index >= 15 is 0 Å². The molecular weight excluding hydrogens is 350 g/mol. The van der Waals surface area contributed by atoms with Crippen LogP contribution < -0.4 is 5.32 Å². The molecular formula is C23H27N3O2. The van der Waals surface area contributed by atoms with Gasteiger partial charge in [-0.3, -0.25) is 9.69 Å². The highest BCUT2D eigenvalue weighted by molar-refractivity contribution is 6.05. The fourth-order valence-corrected chi connectivity index (χ4v) is 3.81. The Morgan fingerprint density at radius 3 is 2.96 bits per heavy atom. The summed E-state index contributed by atoms with van der Waals surface area (Å²) in [4.78, 5) is 18.2. The zero-order valence-electron chi connectivity index (χ0n) is 16.3. The zero-order chi connectivity index (χ0) is 19.3. The molecule has 1 aromatic carbocycles. The van der Waals surface area contributed by atoms with Gasteiger partial charge in [-0.25, -0.2) is 0 Å². The van der Waals surface area contributed by atoms with Gasteiger partial charge in [0.05, 0.1) is 11.8 Å². The summed E-state index contributed by atoms with van der Waals surface area (Å²) >= 11 is 0. The Labute approximate surface area is 165 Å². The summed E-state index contributed by atoms with van der Waals surface area (Å²) in [6.45, 7) is 5.56. The first-order valence-corrected chi connectivity index (χ1v) is 10.1. The lowest BCUT2D eigenvalue weighted by molar-refractivity contribution is 0.102. The summed E-state index contributed by atoms with van der Waals surface area (Å²) in [7, 11) is 0. The maximum atomic E-state index is 12.3. The van der Waals surface area contributed by atoms with Gasteiger partial charge in [0.2, 0.25) is 0 Å². The third-order valence-electron chi connectivity index (χ3n) is 5.44. The lowest BCUT2D eigenvalue weighted by Crippen LogP contribution is -2.29. The normalized spacial score (nSPS) is 15.0. The minimum absolute atomic E-state index is 0.162. The van der Waals surface area contributed by atoms with Gasteiger partial charge in [0.15, 0.2) is 0 Å². The third-order valence-corrected chi connectivity index (χ3v) is 5.44. The van der Waals surface area contributed by atoms with Crippen LogP contribution in [0.3, 0.4) is 0 Å². The van der Waals surface area contributed by atoms with Crippen molar-refractivity contribution in [3.8, 4) is 0 Å². The Morgan fingerprint density at radius 2 is 2.21 bits per heavy atom. The Bertz CT molecular complexity index is 969. The van der Waals surface area contributed by atoms with Crippen molar-refractivity contribution in [3.05, 3.63) is 60.2 Å². The molecule has 3 heterocycles. The van der Waals surface area contributed by atoms with E-state index in [9.17, 15) is 4.79 Å². The number of furan rings is 1. The number of aromatic amines is 1. The van der Waals surface area contributed by atoms with Crippen molar-refractivity contribution in [2.75, 3.05) is 25.0 Å². The average Bonchev–Trinajstić information content (AvgIpc) is 3.39. The minimum atomic E-state index is -0.162. The van der Waals surface area contributed by atoms with E-state index in [1.54, 1.807) is 6.07 Å². The van der Waals surface area contributed by atoms with Crippen LogP contribution in [-0.2, 0) is 0 Å². The summed E-state index contributed by atoms with van der Waals surface area (Å²) in [5, 5.41) is 4.10. The van der Waals surface area contributed by atoms with E-state index in [0.29, 0.717) is 5.56 Å². The smallest absolute Gasteiger partial charge is 0.258 e. The SMILES string of the molecule is CCCCCN1CC=C(c2c[nH]c3ccc(NC(=O)c4ccoc4)cc23)CC1. The quantitative estimate of drug-likeness (QED) is 0.550. The number of nitrogens with zero attached hydrogens (tertiary/aromatic N) is 1. The van der Waals surface area contributed by atoms with Crippen LogP contribution in [0.4, 0.5) is 5.69 Å². The summed E-state index contributed by atoms with van der Waals surface area (Å²) in [6.07, 6.45) is 12.3. The van der Waals surface area contributed by atoms with Crippen molar-refractivity contribution in [2.45, 2.75) is 32.6 Å². The molecule has 1 aliphatic heterocycles. The molecule has 0 unspecified atom stereocenters. The molecule has 0 saturated carbocycles. The van der Waals surface area contributed by atoms with Crippen LogP contribution in [0.2, 0.25) is 0 Å². The topological polar surface area (TPSA) is 61.3 Å². The van der Waals surface area contributed by atoms with Crippen molar-refractivity contribution in [1.29, 1.82) is 0 Å². The first-order chi connectivity index (χ1) is 13.7. The van der Waals surface area contributed by atoms with E-state index in [2.05, 4.69) is 34.4 Å². The van der Waals surface area contributed by atoms with Crippen LogP contribution >= 0.6 is 0 Å². The van der Waals surface area contributed by atoms with Crippen LogP contribution in [0.25, 0.3) is 16.5 Å². The van der Waals surface area contributed by atoms with Gasteiger partial charge in [0.1, 0.15) is 6.26 Å². The van der Waals surface area contributed by atoms with E-state index in [0.717, 1.165) is 36.1 Å². The predicted molar refractivity (Wildman–Crippen MR) is 114 cm³/mol. The molecule has 0 atom stereocenters. The first kappa shape index (κ1) is 18.6. The van der Waals surface area contributed by atoms with Gasteiger partial charge >= 0.3 is 0 Å². The number of carbonyl (C=O) groups is 1. The van der Waals surface area contributed by atoms with Gasteiger partial charge in [0, 0.05) is 41.4 Å². The number of H-pyrrole nitrogens is 1. The molecule has 28 heavy (non-hydrogen) atoms. The third kappa shape index (κ3) is 4.04. The molecule has 1 amide bonds. The molecule has 0 bridgehead atoms. The number of nitrogens with one attached hydrogen (secondary N) is 2. The molecule has 5 nitrogen and oxygen atoms in total. The Balaban J connectivity index is 1.50. The fraction of sp³-hybridized carbons (Fsp3) is 0.348. The van der Waals surface area contributed by atoms with Gasteiger partial charge in [-0.1, -0.05) is 25.8 Å². The molecule has 5 heteroatoms. The highest BCUT2D eigenvalue weighted by Crippen LogP contribution is 2.31. The molecule has 3 aromatic rings. The molecule has 4 rings (SSSR count). The number of unbranched alkanes of at least 4 members (excludes halogenated alkanes) is 2. The van der Waals surface area contributed by atoms with Crippen molar-refractivity contribution >= 4 is 28.1 Å². The van der Waals surface area contributed by atoms with E-state index in [-0.39, 0.29) is 5.91 Å². The fourth-order valence-electron chi connectivity index (χ4n) is 3.81. The summed E-state index contributed by atoms with van der Waals surface area (Å²) in [6, 6.07) is 7.65. The summed E-state index contributed by atoms with van der Waals surface area (Å²) in [5.74, 6) is -0.162. The number of hydrogen-bond acceptors (Lipinski definition) is 3. The molecule has 0 radical (unpaired) electrons. The number of aromatic nitrogens is 1. The molecule has 146 valence electrons. The number of hydrogen-bond donors (Lipinski definition) is 2. The standard InChI is InChI=1S/C23H27N3O2/c1-2-3-4-10-26-11-7-17(8-12-26)21-15-24-22-6-5-19(14-20(21)22)25-23(27)18-9-13-28-16-18/h5-7,9,13-16,24H,2-4,8,10-12H2,1H3,(H,25,27). The van der Waals surface area contributed by atoms with Gasteiger partial charge in [-0.15, -0.1) is 0 Å². The highest BCUT2D eigenvalue weighted by Gasteiger charge is 2.16. The minimum Gasteiger partial charge on any atom is -0.472 e. The second-order valence-electron chi connectivity index (χ2n) is 7.42. The Hall–Kier alpha value is -2.79. The maximum Gasteiger partial charge on any atom is 0.258 e. The number of fused-ring (bicyclic) bond motifs is 1. The Morgan fingerprint density at radius 1 is 1.29 bits per heavy atom.